The van der Waals surface area contributed by atoms with Gasteiger partial charge in [-0.05, 0) is 42.5 Å². The SMILES string of the molecule is ClCc1ccccc1N1CCCCc2ccccc21. The zero-order valence-electron chi connectivity index (χ0n) is 11.0. The predicted molar refractivity (Wildman–Crippen MR) is 82.4 cm³/mol. The minimum Gasteiger partial charge on any atom is -0.341 e. The smallest absolute Gasteiger partial charge is 0.0494 e. The second-order valence-corrected chi connectivity index (χ2v) is 5.27. The fourth-order valence-electron chi connectivity index (χ4n) is 2.83. The summed E-state index contributed by atoms with van der Waals surface area (Å²) in [6.07, 6.45) is 3.66. The Labute approximate surface area is 119 Å². The van der Waals surface area contributed by atoms with E-state index in [1.165, 1.54) is 41.8 Å². The van der Waals surface area contributed by atoms with Crippen LogP contribution in [0.1, 0.15) is 24.0 Å². The quantitative estimate of drug-likeness (QED) is 0.702. The number of aryl methyl sites for hydroxylation is 1. The van der Waals surface area contributed by atoms with Crippen molar-refractivity contribution in [3.63, 3.8) is 0 Å². The van der Waals surface area contributed by atoms with E-state index in [1.807, 2.05) is 0 Å². The number of anilines is 2. The molecule has 1 nitrogen and oxygen atoms in total. The van der Waals surface area contributed by atoms with Gasteiger partial charge in [0.05, 0.1) is 0 Å². The van der Waals surface area contributed by atoms with Gasteiger partial charge in [0.2, 0.25) is 0 Å². The topological polar surface area (TPSA) is 3.24 Å². The van der Waals surface area contributed by atoms with Crippen LogP contribution in [0.2, 0.25) is 0 Å². The average molecular weight is 272 g/mol. The Morgan fingerprint density at radius 2 is 1.63 bits per heavy atom. The Kier molecular flexibility index (Phi) is 3.74. The van der Waals surface area contributed by atoms with E-state index in [-0.39, 0.29) is 0 Å². The van der Waals surface area contributed by atoms with Gasteiger partial charge in [0, 0.05) is 23.8 Å². The lowest BCUT2D eigenvalue weighted by Crippen LogP contribution is -2.19. The molecule has 1 aliphatic heterocycles. The molecule has 3 rings (SSSR count). The van der Waals surface area contributed by atoms with Crippen molar-refractivity contribution in [3.8, 4) is 0 Å². The van der Waals surface area contributed by atoms with Crippen LogP contribution in [-0.4, -0.2) is 6.54 Å². The molecule has 0 aliphatic carbocycles. The van der Waals surface area contributed by atoms with Gasteiger partial charge in [0.1, 0.15) is 0 Å². The number of fused-ring (bicyclic) bond motifs is 1. The van der Waals surface area contributed by atoms with Gasteiger partial charge < -0.3 is 4.90 Å². The molecule has 0 fully saturated rings. The lowest BCUT2D eigenvalue weighted by molar-refractivity contribution is 0.760. The maximum Gasteiger partial charge on any atom is 0.0494 e. The van der Waals surface area contributed by atoms with Crippen LogP contribution in [-0.2, 0) is 12.3 Å². The van der Waals surface area contributed by atoms with Gasteiger partial charge in [-0.15, -0.1) is 11.6 Å². The van der Waals surface area contributed by atoms with Crippen LogP contribution in [0.4, 0.5) is 11.4 Å². The summed E-state index contributed by atoms with van der Waals surface area (Å²) in [5.41, 5.74) is 5.26. The number of alkyl halides is 1. The molecule has 0 saturated heterocycles. The number of hydrogen-bond acceptors (Lipinski definition) is 1. The Morgan fingerprint density at radius 3 is 2.47 bits per heavy atom. The van der Waals surface area contributed by atoms with Gasteiger partial charge in [-0.25, -0.2) is 0 Å². The average Bonchev–Trinajstić information content (AvgIpc) is 2.69. The molecule has 2 aromatic carbocycles. The minimum atomic E-state index is 0.564. The Morgan fingerprint density at radius 1 is 0.895 bits per heavy atom. The highest BCUT2D eigenvalue weighted by atomic mass is 35.5. The van der Waals surface area contributed by atoms with Crippen molar-refractivity contribution < 1.29 is 0 Å². The summed E-state index contributed by atoms with van der Waals surface area (Å²) in [4.78, 5) is 2.43. The van der Waals surface area contributed by atoms with Crippen molar-refractivity contribution in [3.05, 3.63) is 59.7 Å². The Balaban J connectivity index is 2.09. The van der Waals surface area contributed by atoms with Gasteiger partial charge in [-0.2, -0.15) is 0 Å². The third kappa shape index (κ3) is 2.48. The third-order valence-electron chi connectivity index (χ3n) is 3.79. The van der Waals surface area contributed by atoms with Crippen molar-refractivity contribution in [1.82, 2.24) is 0 Å². The van der Waals surface area contributed by atoms with Crippen molar-refractivity contribution in [2.24, 2.45) is 0 Å². The largest absolute Gasteiger partial charge is 0.341 e. The van der Waals surface area contributed by atoms with E-state index in [2.05, 4.69) is 53.4 Å². The van der Waals surface area contributed by atoms with Gasteiger partial charge in [-0.1, -0.05) is 36.4 Å². The van der Waals surface area contributed by atoms with E-state index in [1.54, 1.807) is 0 Å². The molecule has 0 N–H and O–H groups in total. The molecule has 2 heteroatoms. The van der Waals surface area contributed by atoms with Crippen LogP contribution < -0.4 is 4.90 Å². The van der Waals surface area contributed by atoms with E-state index >= 15 is 0 Å². The normalized spacial score (nSPS) is 14.9. The van der Waals surface area contributed by atoms with E-state index in [0.29, 0.717) is 5.88 Å². The first kappa shape index (κ1) is 12.6. The van der Waals surface area contributed by atoms with Crippen LogP contribution in [0.5, 0.6) is 0 Å². The summed E-state index contributed by atoms with van der Waals surface area (Å²) in [6, 6.07) is 17.2. The van der Waals surface area contributed by atoms with E-state index in [4.69, 9.17) is 11.6 Å². The Hall–Kier alpha value is -1.47. The first-order chi connectivity index (χ1) is 9.40. The predicted octanol–water partition coefficient (Wildman–Crippen LogP) is 4.90. The first-order valence-corrected chi connectivity index (χ1v) is 7.43. The molecule has 2 aromatic rings. The van der Waals surface area contributed by atoms with E-state index in [9.17, 15) is 0 Å². The highest BCUT2D eigenvalue weighted by molar-refractivity contribution is 6.17. The van der Waals surface area contributed by atoms with Gasteiger partial charge in [-0.3, -0.25) is 0 Å². The van der Waals surface area contributed by atoms with Crippen molar-refractivity contribution >= 4 is 23.0 Å². The number of nitrogens with zero attached hydrogens (tertiary/aromatic N) is 1. The molecule has 0 bridgehead atoms. The molecule has 0 atom stereocenters. The zero-order valence-corrected chi connectivity index (χ0v) is 11.7. The molecule has 0 saturated carbocycles. The number of rotatable bonds is 2. The summed E-state index contributed by atoms with van der Waals surface area (Å²) >= 11 is 6.09. The molecule has 0 unspecified atom stereocenters. The third-order valence-corrected chi connectivity index (χ3v) is 4.07. The molecule has 98 valence electrons. The number of hydrogen-bond donors (Lipinski definition) is 0. The highest BCUT2D eigenvalue weighted by Gasteiger charge is 2.17. The van der Waals surface area contributed by atoms with Gasteiger partial charge >= 0.3 is 0 Å². The molecule has 1 heterocycles. The number of halogens is 1. The van der Waals surface area contributed by atoms with Crippen molar-refractivity contribution in [2.75, 3.05) is 11.4 Å². The lowest BCUT2D eigenvalue weighted by atomic mass is 10.1. The molecule has 0 radical (unpaired) electrons. The number of benzene rings is 2. The molecule has 1 aliphatic rings. The van der Waals surface area contributed by atoms with Gasteiger partial charge in [0.15, 0.2) is 0 Å². The standard InChI is InChI=1S/C17H18ClN/c18-13-15-9-2-4-11-17(15)19-12-6-5-8-14-7-1-3-10-16(14)19/h1-4,7,9-11H,5-6,8,12-13H2. The van der Waals surface area contributed by atoms with Crippen LogP contribution in [0.25, 0.3) is 0 Å². The van der Waals surface area contributed by atoms with Gasteiger partial charge in [0.25, 0.3) is 0 Å². The molecule has 0 amide bonds. The lowest BCUT2D eigenvalue weighted by Gasteiger charge is -2.27. The second kappa shape index (κ2) is 5.66. The van der Waals surface area contributed by atoms with E-state index < -0.39 is 0 Å². The molecular formula is C17H18ClN. The first-order valence-electron chi connectivity index (χ1n) is 6.89. The summed E-state index contributed by atoms with van der Waals surface area (Å²) < 4.78 is 0. The van der Waals surface area contributed by atoms with Crippen LogP contribution >= 0.6 is 11.6 Å². The van der Waals surface area contributed by atoms with Crippen LogP contribution in [0.15, 0.2) is 48.5 Å². The summed E-state index contributed by atoms with van der Waals surface area (Å²) in [5.74, 6) is 0.564. The summed E-state index contributed by atoms with van der Waals surface area (Å²) in [7, 11) is 0. The monoisotopic (exact) mass is 271 g/mol. The molecule has 19 heavy (non-hydrogen) atoms. The fourth-order valence-corrected chi connectivity index (χ4v) is 3.05. The molecule has 0 spiro atoms. The summed E-state index contributed by atoms with van der Waals surface area (Å²) in [6.45, 7) is 1.07. The van der Waals surface area contributed by atoms with E-state index in [0.717, 1.165) is 6.54 Å². The molecule has 0 aromatic heterocycles. The minimum absolute atomic E-state index is 0.564. The summed E-state index contributed by atoms with van der Waals surface area (Å²) in [5, 5.41) is 0. The maximum atomic E-state index is 6.09. The molecular weight excluding hydrogens is 254 g/mol. The van der Waals surface area contributed by atoms with Crippen LogP contribution in [0.3, 0.4) is 0 Å². The highest BCUT2D eigenvalue weighted by Crippen LogP contribution is 2.34. The zero-order chi connectivity index (χ0) is 13.1. The second-order valence-electron chi connectivity index (χ2n) is 5.00. The Bertz CT molecular complexity index is 565. The fraction of sp³-hybridized carbons (Fsp3) is 0.294. The van der Waals surface area contributed by atoms with Crippen molar-refractivity contribution in [2.45, 2.75) is 25.1 Å². The number of para-hydroxylation sites is 2. The van der Waals surface area contributed by atoms with Crippen LogP contribution in [0, 0.1) is 0 Å². The maximum absolute atomic E-state index is 6.09. The van der Waals surface area contributed by atoms with Crippen molar-refractivity contribution in [1.29, 1.82) is 0 Å².